The number of aliphatic hydroxyl groups excluding tert-OH is 2. The molecule has 11 atom stereocenters. The molecule has 1 saturated heterocycles. The van der Waals surface area contributed by atoms with Crippen molar-refractivity contribution in [2.75, 3.05) is 26.7 Å². The quantitative estimate of drug-likeness (QED) is 0.124. The van der Waals surface area contributed by atoms with Crippen molar-refractivity contribution in [1.29, 1.82) is 0 Å². The smallest absolute Gasteiger partial charge is 0.394 e. The Labute approximate surface area is 222 Å². The molecule has 0 aromatic heterocycles. The molecule has 0 amide bonds. The van der Waals surface area contributed by atoms with Crippen molar-refractivity contribution in [2.24, 2.45) is 17.2 Å². The molecule has 13 N–H and O–H groups in total. The molecule has 0 spiro atoms. The molecule has 2 fully saturated rings. The second kappa shape index (κ2) is 14.0. The third kappa shape index (κ3) is 9.00. The van der Waals surface area contributed by atoms with Crippen molar-refractivity contribution in [1.82, 2.24) is 10.6 Å². The molecule has 16 nitrogen and oxygen atoms in total. The van der Waals surface area contributed by atoms with E-state index < -0.39 is 71.1 Å². The predicted molar refractivity (Wildman–Crippen MR) is 134 cm³/mol. The van der Waals surface area contributed by atoms with Gasteiger partial charge >= 0.3 is 10.4 Å². The lowest BCUT2D eigenvalue weighted by molar-refractivity contribution is -0.304. The normalized spacial score (nSPS) is 41.9. The molecular weight excluding hydrogens is 530 g/mol. The van der Waals surface area contributed by atoms with Crippen LogP contribution in [0.15, 0.2) is 11.8 Å². The van der Waals surface area contributed by atoms with Crippen molar-refractivity contribution in [3.05, 3.63) is 11.8 Å². The Morgan fingerprint density at radius 2 is 1.74 bits per heavy atom. The predicted octanol–water partition coefficient (Wildman–Crippen LogP) is -3.85. The van der Waals surface area contributed by atoms with Gasteiger partial charge in [-0.15, -0.1) is 0 Å². The first-order valence-corrected chi connectivity index (χ1v) is 13.7. The van der Waals surface area contributed by atoms with Gasteiger partial charge in [0.25, 0.3) is 0 Å². The molecule has 1 aliphatic carbocycles. The van der Waals surface area contributed by atoms with E-state index in [4.69, 9.17) is 53.7 Å². The van der Waals surface area contributed by atoms with E-state index in [1.165, 1.54) is 0 Å². The zero-order chi connectivity index (χ0) is 28.8. The highest BCUT2D eigenvalue weighted by molar-refractivity contribution is 7.79. The Morgan fingerprint density at radius 3 is 2.29 bits per heavy atom. The largest absolute Gasteiger partial charge is 0.467 e. The summed E-state index contributed by atoms with van der Waals surface area (Å²) >= 11 is 0. The SMILES string of the molecule is CCN[C@@H]1C[C@H](N)[C@@H](OC2OC(CN)=CCC2N)[C@H](O)[C@H]1O[C@H]1OC[C@](C)(O)[C@H](NC)[C@H]1O.O=S(=O)(O)O. The summed E-state index contributed by atoms with van der Waals surface area (Å²) in [5, 5.41) is 38.8. The van der Waals surface area contributed by atoms with Crippen LogP contribution in [0.3, 0.4) is 0 Å². The fraction of sp³-hybridized carbons (Fsp3) is 0.905. The summed E-state index contributed by atoms with van der Waals surface area (Å²) in [6, 6.07) is -1.95. The minimum Gasteiger partial charge on any atom is -0.467 e. The van der Waals surface area contributed by atoms with E-state index in [2.05, 4.69) is 10.6 Å². The average Bonchev–Trinajstić information content (AvgIpc) is 2.80. The van der Waals surface area contributed by atoms with Gasteiger partial charge in [-0.1, -0.05) is 6.92 Å². The number of rotatable bonds is 8. The van der Waals surface area contributed by atoms with E-state index in [0.29, 0.717) is 25.1 Å². The van der Waals surface area contributed by atoms with Crippen molar-refractivity contribution in [2.45, 2.75) is 93.5 Å². The standard InChI is InChI=1S/C21H41N5O7.H2O4S/c1-4-26-13-7-12(24)16(32-19-11(23)6-5-10(8-22)31-19)14(27)17(13)33-20-15(28)18(25-3)21(2,29)9-30-20;1-5(2,3)4/h5,11-20,25-29H,4,6-9,22-24H2,1-3H3;(H2,1,2,3,4)/t11?,12-,13+,14-,15+,16+,17-,18+,19?,20+,21-;/m0./s1. The summed E-state index contributed by atoms with van der Waals surface area (Å²) in [7, 11) is -3.03. The lowest BCUT2D eigenvalue weighted by Gasteiger charge is -2.49. The van der Waals surface area contributed by atoms with Gasteiger partial charge in [0, 0.05) is 12.1 Å². The van der Waals surface area contributed by atoms with Crippen LogP contribution in [0.25, 0.3) is 0 Å². The molecule has 17 heteroatoms. The summed E-state index contributed by atoms with van der Waals surface area (Å²) in [4.78, 5) is 0. The van der Waals surface area contributed by atoms with Crippen LogP contribution in [0, 0.1) is 0 Å². The number of nitrogens with two attached hydrogens (primary N) is 3. The molecule has 2 unspecified atom stereocenters. The highest BCUT2D eigenvalue weighted by Crippen LogP contribution is 2.31. The van der Waals surface area contributed by atoms with Gasteiger partial charge in [0.2, 0.25) is 6.29 Å². The second-order valence-corrected chi connectivity index (χ2v) is 10.7. The lowest BCUT2D eigenvalue weighted by atomic mass is 9.83. The molecule has 2 aliphatic heterocycles. The summed E-state index contributed by atoms with van der Waals surface area (Å²) in [6.07, 6.45) is -3.05. The molecular formula is C21H43N5O11S. The maximum atomic E-state index is 11.3. The first-order chi connectivity index (χ1) is 17.6. The third-order valence-electron chi connectivity index (χ3n) is 6.64. The molecule has 224 valence electrons. The summed E-state index contributed by atoms with van der Waals surface area (Å²) in [5.41, 5.74) is 16.9. The molecule has 3 rings (SSSR count). The molecule has 0 aromatic carbocycles. The maximum absolute atomic E-state index is 11.3. The fourth-order valence-corrected chi connectivity index (χ4v) is 4.86. The second-order valence-electron chi connectivity index (χ2n) is 9.76. The average molecular weight is 574 g/mol. The van der Waals surface area contributed by atoms with Gasteiger partial charge in [0.15, 0.2) is 6.29 Å². The highest BCUT2D eigenvalue weighted by Gasteiger charge is 2.51. The van der Waals surface area contributed by atoms with Crippen molar-refractivity contribution >= 4 is 10.4 Å². The number of nitrogens with one attached hydrogen (secondary N) is 2. The van der Waals surface area contributed by atoms with Crippen molar-refractivity contribution < 1.29 is 51.8 Å². The van der Waals surface area contributed by atoms with Gasteiger partial charge < -0.3 is 62.1 Å². The van der Waals surface area contributed by atoms with E-state index in [1.54, 1.807) is 14.0 Å². The van der Waals surface area contributed by atoms with E-state index >= 15 is 0 Å². The monoisotopic (exact) mass is 573 g/mol. The van der Waals surface area contributed by atoms with Gasteiger partial charge in [-0.25, -0.2) is 0 Å². The fourth-order valence-electron chi connectivity index (χ4n) is 4.86. The Hall–Kier alpha value is -1.03. The first-order valence-electron chi connectivity index (χ1n) is 12.3. The topological polar surface area (TPSA) is 274 Å². The van der Waals surface area contributed by atoms with Gasteiger partial charge in [-0.3, -0.25) is 9.11 Å². The van der Waals surface area contributed by atoms with Gasteiger partial charge in [-0.2, -0.15) is 8.42 Å². The Balaban J connectivity index is 0.000000926. The molecule has 0 bridgehead atoms. The molecule has 0 radical (unpaired) electrons. The van der Waals surface area contributed by atoms with Gasteiger partial charge in [0.05, 0.1) is 25.2 Å². The van der Waals surface area contributed by atoms with E-state index in [0.717, 1.165) is 0 Å². The number of likely N-dealkylation sites (N-methyl/N-ethyl adjacent to an activating group) is 2. The lowest BCUT2D eigenvalue weighted by Crippen LogP contribution is -2.69. The van der Waals surface area contributed by atoms with Crippen LogP contribution >= 0.6 is 0 Å². The Morgan fingerprint density at radius 1 is 1.13 bits per heavy atom. The van der Waals surface area contributed by atoms with Gasteiger partial charge in [0.1, 0.15) is 35.8 Å². The number of aliphatic hydroxyl groups is 3. The summed E-state index contributed by atoms with van der Waals surface area (Å²) in [6.45, 7) is 4.30. The van der Waals surface area contributed by atoms with E-state index in [-0.39, 0.29) is 19.2 Å². The summed E-state index contributed by atoms with van der Waals surface area (Å²) in [5.74, 6) is 0.572. The first kappa shape index (κ1) is 33.2. The molecule has 1 saturated carbocycles. The van der Waals surface area contributed by atoms with Crippen molar-refractivity contribution in [3.8, 4) is 0 Å². The van der Waals surface area contributed by atoms with Gasteiger partial charge in [-0.05, 0) is 39.4 Å². The zero-order valence-electron chi connectivity index (χ0n) is 21.7. The molecule has 38 heavy (non-hydrogen) atoms. The molecule has 0 aromatic rings. The maximum Gasteiger partial charge on any atom is 0.394 e. The molecule has 3 aliphatic rings. The minimum atomic E-state index is -4.67. The number of hydrogen-bond acceptors (Lipinski definition) is 14. The Bertz CT molecular complexity index is 872. The molecule has 2 heterocycles. The number of ether oxygens (including phenoxy) is 4. The van der Waals surface area contributed by atoms with Crippen LogP contribution in [0.2, 0.25) is 0 Å². The van der Waals surface area contributed by atoms with Crippen LogP contribution in [0.4, 0.5) is 0 Å². The van der Waals surface area contributed by atoms with Crippen LogP contribution < -0.4 is 27.8 Å². The van der Waals surface area contributed by atoms with E-state index in [1.807, 2.05) is 13.0 Å². The summed E-state index contributed by atoms with van der Waals surface area (Å²) < 4.78 is 55.1. The van der Waals surface area contributed by atoms with Crippen molar-refractivity contribution in [3.63, 3.8) is 0 Å². The van der Waals surface area contributed by atoms with Crippen LogP contribution in [0.1, 0.15) is 26.7 Å². The Kier molecular flexibility index (Phi) is 12.3. The minimum absolute atomic E-state index is 0.0483. The third-order valence-corrected chi connectivity index (χ3v) is 6.64. The van der Waals surface area contributed by atoms with E-state index in [9.17, 15) is 15.3 Å². The van der Waals surface area contributed by atoms with Crippen LogP contribution in [0.5, 0.6) is 0 Å². The highest BCUT2D eigenvalue weighted by atomic mass is 32.3. The van der Waals surface area contributed by atoms with Crippen LogP contribution in [-0.4, -0.2) is 126 Å². The number of hydrogen-bond donors (Lipinski definition) is 10. The zero-order valence-corrected chi connectivity index (χ0v) is 22.5. The van der Waals surface area contributed by atoms with Crippen LogP contribution in [-0.2, 0) is 29.3 Å².